The second-order valence-electron chi connectivity index (χ2n) is 4.70. The number of aryl methyl sites for hydroxylation is 1. The molecule has 1 aliphatic rings. The summed E-state index contributed by atoms with van der Waals surface area (Å²) in [6.07, 6.45) is 0.984. The highest BCUT2D eigenvalue weighted by Crippen LogP contribution is 2.10. The molecule has 4 heteroatoms. The highest BCUT2D eigenvalue weighted by Gasteiger charge is 2.20. The first-order valence-corrected chi connectivity index (χ1v) is 5.98. The summed E-state index contributed by atoms with van der Waals surface area (Å²) in [7, 11) is 0. The smallest absolute Gasteiger partial charge is 0.238 e. The van der Waals surface area contributed by atoms with Gasteiger partial charge in [0.1, 0.15) is 0 Å². The maximum absolute atomic E-state index is 11.8. The molecule has 0 aromatic heterocycles. The first kappa shape index (κ1) is 12.1. The molecule has 1 unspecified atom stereocenters. The van der Waals surface area contributed by atoms with Gasteiger partial charge in [0.25, 0.3) is 0 Å². The number of amides is 1. The van der Waals surface area contributed by atoms with Gasteiger partial charge in [-0.3, -0.25) is 9.69 Å². The van der Waals surface area contributed by atoms with E-state index in [-0.39, 0.29) is 11.9 Å². The van der Waals surface area contributed by atoms with Crippen LogP contribution in [0.5, 0.6) is 0 Å². The summed E-state index contributed by atoms with van der Waals surface area (Å²) in [6.45, 7) is 4.20. The fourth-order valence-electron chi connectivity index (χ4n) is 2.05. The van der Waals surface area contributed by atoms with E-state index in [4.69, 9.17) is 5.73 Å². The molecule has 0 saturated carbocycles. The molecule has 1 aromatic rings. The summed E-state index contributed by atoms with van der Waals surface area (Å²) in [6, 6.07) is 8.04. The van der Waals surface area contributed by atoms with Gasteiger partial charge in [-0.15, -0.1) is 0 Å². The minimum Gasteiger partial charge on any atom is -0.326 e. The lowest BCUT2D eigenvalue weighted by molar-refractivity contribution is -0.117. The Morgan fingerprint density at radius 1 is 1.47 bits per heavy atom. The van der Waals surface area contributed by atoms with Gasteiger partial charge in [-0.05, 0) is 25.5 Å². The standard InChI is InChI=1S/C13H19N3O/c1-10-2-4-12(5-3-10)15-13(17)9-16-7-6-11(14)8-16/h2-5,11H,6-9,14H2,1H3,(H,15,17). The van der Waals surface area contributed by atoms with Gasteiger partial charge in [0.05, 0.1) is 6.54 Å². The first-order chi connectivity index (χ1) is 8.13. The number of likely N-dealkylation sites (tertiary alicyclic amines) is 1. The maximum Gasteiger partial charge on any atom is 0.238 e. The summed E-state index contributed by atoms with van der Waals surface area (Å²) >= 11 is 0. The lowest BCUT2D eigenvalue weighted by Crippen LogP contribution is -2.33. The third-order valence-corrected chi connectivity index (χ3v) is 3.01. The zero-order valence-corrected chi connectivity index (χ0v) is 10.1. The van der Waals surface area contributed by atoms with Gasteiger partial charge in [0.15, 0.2) is 0 Å². The average molecular weight is 233 g/mol. The number of nitrogens with two attached hydrogens (primary N) is 1. The van der Waals surface area contributed by atoms with Crippen LogP contribution in [0.3, 0.4) is 0 Å². The Hall–Kier alpha value is -1.39. The topological polar surface area (TPSA) is 58.4 Å². The monoisotopic (exact) mass is 233 g/mol. The van der Waals surface area contributed by atoms with Gasteiger partial charge in [0, 0.05) is 24.8 Å². The number of benzene rings is 1. The van der Waals surface area contributed by atoms with Crippen molar-refractivity contribution in [3.8, 4) is 0 Å². The summed E-state index contributed by atoms with van der Waals surface area (Å²) in [5.41, 5.74) is 7.84. The maximum atomic E-state index is 11.8. The Balaban J connectivity index is 1.83. The van der Waals surface area contributed by atoms with Gasteiger partial charge >= 0.3 is 0 Å². The van der Waals surface area contributed by atoms with E-state index in [1.54, 1.807) is 0 Å². The molecular weight excluding hydrogens is 214 g/mol. The van der Waals surface area contributed by atoms with Crippen molar-refractivity contribution in [1.29, 1.82) is 0 Å². The number of carbonyl (C=O) groups excluding carboxylic acids is 1. The van der Waals surface area contributed by atoms with Crippen LogP contribution in [0.1, 0.15) is 12.0 Å². The lowest BCUT2D eigenvalue weighted by Gasteiger charge is -2.14. The average Bonchev–Trinajstić information content (AvgIpc) is 2.67. The molecule has 3 N–H and O–H groups in total. The normalized spacial score (nSPS) is 20.5. The Kier molecular flexibility index (Phi) is 3.76. The second kappa shape index (κ2) is 5.29. The molecule has 0 bridgehead atoms. The van der Waals surface area contributed by atoms with Crippen molar-refractivity contribution in [2.75, 3.05) is 25.0 Å². The second-order valence-corrected chi connectivity index (χ2v) is 4.70. The zero-order valence-electron chi connectivity index (χ0n) is 10.1. The summed E-state index contributed by atoms with van der Waals surface area (Å²) in [5.74, 6) is 0.0305. The van der Waals surface area contributed by atoms with Gasteiger partial charge < -0.3 is 11.1 Å². The number of hydrogen-bond donors (Lipinski definition) is 2. The van der Waals surface area contributed by atoms with Crippen molar-refractivity contribution >= 4 is 11.6 Å². The Morgan fingerprint density at radius 3 is 2.76 bits per heavy atom. The van der Waals surface area contributed by atoms with E-state index in [9.17, 15) is 4.79 Å². The summed E-state index contributed by atoms with van der Waals surface area (Å²) in [5, 5.41) is 2.89. The van der Waals surface area contributed by atoms with Crippen LogP contribution in [-0.4, -0.2) is 36.5 Å². The molecule has 0 radical (unpaired) electrons. The summed E-state index contributed by atoms with van der Waals surface area (Å²) in [4.78, 5) is 13.9. The molecule has 1 fully saturated rings. The van der Waals surface area contributed by atoms with Crippen molar-refractivity contribution in [2.24, 2.45) is 5.73 Å². The molecule has 17 heavy (non-hydrogen) atoms. The third-order valence-electron chi connectivity index (χ3n) is 3.01. The molecule has 2 rings (SSSR count). The highest BCUT2D eigenvalue weighted by molar-refractivity contribution is 5.92. The summed E-state index contributed by atoms with van der Waals surface area (Å²) < 4.78 is 0. The number of rotatable bonds is 3. The molecule has 0 aliphatic carbocycles. The molecule has 1 aromatic carbocycles. The highest BCUT2D eigenvalue weighted by atomic mass is 16.2. The molecule has 92 valence electrons. The van der Waals surface area contributed by atoms with Crippen LogP contribution in [0.2, 0.25) is 0 Å². The van der Waals surface area contributed by atoms with Crippen LogP contribution >= 0.6 is 0 Å². The van der Waals surface area contributed by atoms with Crippen molar-refractivity contribution in [3.63, 3.8) is 0 Å². The van der Waals surface area contributed by atoms with E-state index < -0.39 is 0 Å². The van der Waals surface area contributed by atoms with Crippen molar-refractivity contribution in [2.45, 2.75) is 19.4 Å². The molecule has 1 saturated heterocycles. The molecule has 1 heterocycles. The fraction of sp³-hybridized carbons (Fsp3) is 0.462. The number of hydrogen-bond acceptors (Lipinski definition) is 3. The van der Waals surface area contributed by atoms with E-state index >= 15 is 0 Å². The van der Waals surface area contributed by atoms with E-state index in [0.717, 1.165) is 25.2 Å². The van der Waals surface area contributed by atoms with Crippen LogP contribution in [0, 0.1) is 6.92 Å². The SMILES string of the molecule is Cc1ccc(NC(=O)CN2CCC(N)C2)cc1. The van der Waals surface area contributed by atoms with Crippen molar-refractivity contribution < 1.29 is 4.79 Å². The lowest BCUT2D eigenvalue weighted by atomic mass is 10.2. The molecule has 4 nitrogen and oxygen atoms in total. The fourth-order valence-corrected chi connectivity index (χ4v) is 2.05. The Morgan fingerprint density at radius 2 is 2.18 bits per heavy atom. The van der Waals surface area contributed by atoms with Gasteiger partial charge in [0.2, 0.25) is 5.91 Å². The molecular formula is C13H19N3O. The molecule has 1 aliphatic heterocycles. The van der Waals surface area contributed by atoms with E-state index in [1.165, 1.54) is 5.56 Å². The van der Waals surface area contributed by atoms with Crippen LogP contribution in [-0.2, 0) is 4.79 Å². The molecule has 1 atom stereocenters. The number of anilines is 1. The van der Waals surface area contributed by atoms with E-state index in [2.05, 4.69) is 10.2 Å². The van der Waals surface area contributed by atoms with Gasteiger partial charge in [-0.1, -0.05) is 17.7 Å². The van der Waals surface area contributed by atoms with Crippen LogP contribution in [0.4, 0.5) is 5.69 Å². The van der Waals surface area contributed by atoms with Gasteiger partial charge in [-0.25, -0.2) is 0 Å². The van der Waals surface area contributed by atoms with Crippen molar-refractivity contribution in [3.05, 3.63) is 29.8 Å². The number of nitrogens with zero attached hydrogens (tertiary/aromatic N) is 1. The minimum absolute atomic E-state index is 0.0305. The largest absolute Gasteiger partial charge is 0.326 e. The number of carbonyl (C=O) groups is 1. The predicted octanol–water partition coefficient (Wildman–Crippen LogP) is 0.967. The van der Waals surface area contributed by atoms with Crippen LogP contribution in [0.25, 0.3) is 0 Å². The first-order valence-electron chi connectivity index (χ1n) is 5.98. The number of nitrogens with one attached hydrogen (secondary N) is 1. The predicted molar refractivity (Wildman–Crippen MR) is 68.8 cm³/mol. The Bertz CT molecular complexity index is 388. The van der Waals surface area contributed by atoms with Crippen molar-refractivity contribution in [1.82, 2.24) is 4.90 Å². The quantitative estimate of drug-likeness (QED) is 0.817. The van der Waals surface area contributed by atoms with E-state index in [0.29, 0.717) is 6.54 Å². The molecule has 1 amide bonds. The third kappa shape index (κ3) is 3.54. The minimum atomic E-state index is 0.0305. The van der Waals surface area contributed by atoms with Crippen LogP contribution in [0.15, 0.2) is 24.3 Å². The van der Waals surface area contributed by atoms with E-state index in [1.807, 2.05) is 31.2 Å². The van der Waals surface area contributed by atoms with Gasteiger partial charge in [-0.2, -0.15) is 0 Å². The Labute approximate surface area is 102 Å². The molecule has 0 spiro atoms. The van der Waals surface area contributed by atoms with Crippen LogP contribution < -0.4 is 11.1 Å². The zero-order chi connectivity index (χ0) is 12.3.